The van der Waals surface area contributed by atoms with E-state index in [1.165, 1.54) is 19.1 Å². The predicted molar refractivity (Wildman–Crippen MR) is 47.4 cm³/mol. The summed E-state index contributed by atoms with van der Waals surface area (Å²) in [4.78, 5) is 10.7. The predicted octanol–water partition coefficient (Wildman–Crippen LogP) is 2.00. The summed E-state index contributed by atoms with van der Waals surface area (Å²) in [5, 5.41) is 0. The Balaban J connectivity index is 3.36. The molecule has 0 heterocycles. The first-order valence-corrected chi connectivity index (χ1v) is 4.07. The second-order valence-electron chi connectivity index (χ2n) is 2.40. The first-order chi connectivity index (χ1) is 5.54. The van der Waals surface area contributed by atoms with E-state index in [-0.39, 0.29) is 11.1 Å². The molecule has 0 atom stereocenters. The fraction of sp³-hybridized carbons (Fsp3) is 0.125. The van der Waals surface area contributed by atoms with Gasteiger partial charge in [-0.2, -0.15) is 0 Å². The summed E-state index contributed by atoms with van der Waals surface area (Å²) in [6.45, 7) is 1.51. The molecule has 1 aromatic rings. The summed E-state index contributed by atoms with van der Waals surface area (Å²) < 4.78 is 13.4. The number of rotatable bonds is 1. The number of primary amides is 1. The molecule has 1 rings (SSSR count). The van der Waals surface area contributed by atoms with Crippen LogP contribution in [-0.2, 0) is 0 Å². The smallest absolute Gasteiger partial charge is 0.249 e. The fourth-order valence-corrected chi connectivity index (χ4v) is 1.35. The van der Waals surface area contributed by atoms with Crippen molar-refractivity contribution in [2.45, 2.75) is 6.92 Å². The van der Waals surface area contributed by atoms with Gasteiger partial charge in [0, 0.05) is 5.56 Å². The zero-order valence-corrected chi connectivity index (χ0v) is 7.98. The molecule has 12 heavy (non-hydrogen) atoms. The molecule has 4 heteroatoms. The third-order valence-electron chi connectivity index (χ3n) is 1.60. The Morgan fingerprint density at radius 2 is 2.17 bits per heavy atom. The third kappa shape index (κ3) is 1.48. The zero-order valence-electron chi connectivity index (χ0n) is 6.40. The standard InChI is InChI=1S/C8H7BrFNO/c1-4-5(8(11)12)2-3-6(9)7(4)10/h2-3H,1H3,(H2,11,12). The van der Waals surface area contributed by atoms with Crippen molar-refractivity contribution in [1.29, 1.82) is 0 Å². The van der Waals surface area contributed by atoms with Crippen molar-refractivity contribution in [2.75, 3.05) is 0 Å². The Morgan fingerprint density at radius 3 is 2.67 bits per heavy atom. The highest BCUT2D eigenvalue weighted by Crippen LogP contribution is 2.20. The molecular formula is C8H7BrFNO. The highest BCUT2D eigenvalue weighted by atomic mass is 79.9. The molecule has 1 amide bonds. The van der Waals surface area contributed by atoms with Crippen molar-refractivity contribution < 1.29 is 9.18 Å². The van der Waals surface area contributed by atoms with Gasteiger partial charge in [0.2, 0.25) is 5.91 Å². The van der Waals surface area contributed by atoms with Crippen LogP contribution in [0.5, 0.6) is 0 Å². The van der Waals surface area contributed by atoms with Crippen LogP contribution >= 0.6 is 15.9 Å². The van der Waals surface area contributed by atoms with Gasteiger partial charge in [-0.25, -0.2) is 4.39 Å². The first kappa shape index (κ1) is 9.19. The van der Waals surface area contributed by atoms with E-state index in [9.17, 15) is 9.18 Å². The maximum atomic E-state index is 13.1. The SMILES string of the molecule is Cc1c(C(N)=O)ccc(Br)c1F. The number of amides is 1. The first-order valence-electron chi connectivity index (χ1n) is 3.28. The van der Waals surface area contributed by atoms with Gasteiger partial charge in [-0.3, -0.25) is 4.79 Å². The minimum Gasteiger partial charge on any atom is -0.366 e. The molecule has 0 aliphatic heterocycles. The highest BCUT2D eigenvalue weighted by Gasteiger charge is 2.10. The molecule has 0 aliphatic rings. The molecule has 64 valence electrons. The lowest BCUT2D eigenvalue weighted by Gasteiger charge is -2.03. The summed E-state index contributed by atoms with van der Waals surface area (Å²) >= 11 is 3.00. The summed E-state index contributed by atoms with van der Waals surface area (Å²) in [5.74, 6) is -1.05. The van der Waals surface area contributed by atoms with Crippen LogP contribution in [0, 0.1) is 12.7 Å². The van der Waals surface area contributed by atoms with Gasteiger partial charge in [-0.15, -0.1) is 0 Å². The Hall–Kier alpha value is -0.900. The molecule has 0 spiro atoms. The van der Waals surface area contributed by atoms with E-state index in [0.717, 1.165) is 0 Å². The number of hydrogen-bond acceptors (Lipinski definition) is 1. The Labute approximate surface area is 77.7 Å². The number of carbonyl (C=O) groups is 1. The second kappa shape index (κ2) is 3.23. The summed E-state index contributed by atoms with van der Waals surface area (Å²) in [7, 11) is 0. The van der Waals surface area contributed by atoms with Gasteiger partial charge in [0.05, 0.1) is 4.47 Å². The molecule has 0 saturated carbocycles. The van der Waals surface area contributed by atoms with Crippen molar-refractivity contribution in [3.05, 3.63) is 33.5 Å². The van der Waals surface area contributed by atoms with Crippen LogP contribution < -0.4 is 5.73 Å². The quantitative estimate of drug-likeness (QED) is 0.790. The molecule has 0 fully saturated rings. The van der Waals surface area contributed by atoms with E-state index >= 15 is 0 Å². The number of hydrogen-bond donors (Lipinski definition) is 1. The minimum atomic E-state index is -0.612. The Bertz CT molecular complexity index is 338. The van der Waals surface area contributed by atoms with E-state index in [2.05, 4.69) is 15.9 Å². The second-order valence-corrected chi connectivity index (χ2v) is 3.25. The molecule has 0 aliphatic carbocycles. The maximum Gasteiger partial charge on any atom is 0.249 e. The van der Waals surface area contributed by atoms with Gasteiger partial charge in [-0.05, 0) is 40.5 Å². The summed E-state index contributed by atoms with van der Waals surface area (Å²) in [6.07, 6.45) is 0. The molecule has 0 unspecified atom stereocenters. The van der Waals surface area contributed by atoms with E-state index in [0.29, 0.717) is 4.47 Å². The third-order valence-corrected chi connectivity index (χ3v) is 2.22. The van der Waals surface area contributed by atoms with E-state index in [4.69, 9.17) is 5.73 Å². The molecule has 1 aromatic carbocycles. The van der Waals surface area contributed by atoms with Crippen LogP contribution in [0.1, 0.15) is 15.9 Å². The van der Waals surface area contributed by atoms with Crippen molar-refractivity contribution in [3.63, 3.8) is 0 Å². The fourth-order valence-electron chi connectivity index (χ4n) is 0.919. The Kier molecular flexibility index (Phi) is 2.47. The zero-order chi connectivity index (χ0) is 9.30. The lowest BCUT2D eigenvalue weighted by atomic mass is 10.1. The van der Waals surface area contributed by atoms with Crippen LogP contribution in [0.25, 0.3) is 0 Å². The van der Waals surface area contributed by atoms with E-state index < -0.39 is 11.7 Å². The summed E-state index contributed by atoms with van der Waals surface area (Å²) in [5.41, 5.74) is 5.51. The molecular weight excluding hydrogens is 225 g/mol. The molecule has 0 radical (unpaired) electrons. The van der Waals surface area contributed by atoms with Crippen molar-refractivity contribution in [3.8, 4) is 0 Å². The van der Waals surface area contributed by atoms with Crippen molar-refractivity contribution >= 4 is 21.8 Å². The van der Waals surface area contributed by atoms with E-state index in [1.807, 2.05) is 0 Å². The van der Waals surface area contributed by atoms with Crippen LogP contribution in [-0.4, -0.2) is 5.91 Å². The van der Waals surface area contributed by atoms with E-state index in [1.54, 1.807) is 0 Å². The number of nitrogens with two attached hydrogens (primary N) is 1. The molecule has 0 aromatic heterocycles. The largest absolute Gasteiger partial charge is 0.366 e. The minimum absolute atomic E-state index is 0.218. The average molecular weight is 232 g/mol. The highest BCUT2D eigenvalue weighted by molar-refractivity contribution is 9.10. The van der Waals surface area contributed by atoms with Crippen LogP contribution in [0.3, 0.4) is 0 Å². The van der Waals surface area contributed by atoms with Gasteiger partial charge >= 0.3 is 0 Å². The topological polar surface area (TPSA) is 43.1 Å². The van der Waals surface area contributed by atoms with Crippen LogP contribution in [0.15, 0.2) is 16.6 Å². The van der Waals surface area contributed by atoms with Gasteiger partial charge in [0.25, 0.3) is 0 Å². The normalized spacial score (nSPS) is 9.92. The Morgan fingerprint density at radius 1 is 1.58 bits per heavy atom. The lowest BCUT2D eigenvalue weighted by molar-refractivity contribution is 0.0999. The van der Waals surface area contributed by atoms with Gasteiger partial charge in [-0.1, -0.05) is 0 Å². The van der Waals surface area contributed by atoms with Gasteiger partial charge in [0.15, 0.2) is 0 Å². The molecule has 2 nitrogen and oxygen atoms in total. The van der Waals surface area contributed by atoms with Crippen LogP contribution in [0.2, 0.25) is 0 Å². The number of halogens is 2. The maximum absolute atomic E-state index is 13.1. The van der Waals surface area contributed by atoms with Crippen LogP contribution in [0.4, 0.5) is 4.39 Å². The monoisotopic (exact) mass is 231 g/mol. The van der Waals surface area contributed by atoms with Gasteiger partial charge in [0.1, 0.15) is 5.82 Å². The molecule has 0 bridgehead atoms. The molecule has 2 N–H and O–H groups in total. The number of benzene rings is 1. The average Bonchev–Trinajstić information content (AvgIpc) is 2.00. The summed E-state index contributed by atoms with van der Waals surface area (Å²) in [6, 6.07) is 2.95. The van der Waals surface area contributed by atoms with Gasteiger partial charge < -0.3 is 5.73 Å². The lowest BCUT2D eigenvalue weighted by Crippen LogP contribution is -2.13. The van der Waals surface area contributed by atoms with Crippen molar-refractivity contribution in [2.24, 2.45) is 5.73 Å². The number of carbonyl (C=O) groups excluding carboxylic acids is 1. The molecule has 0 saturated heterocycles. The van der Waals surface area contributed by atoms with Crippen molar-refractivity contribution in [1.82, 2.24) is 0 Å².